The van der Waals surface area contributed by atoms with Gasteiger partial charge in [-0.2, -0.15) is 0 Å². The van der Waals surface area contributed by atoms with Crippen molar-refractivity contribution < 1.29 is 9.53 Å². The average molecular weight is 340 g/mol. The lowest BCUT2D eigenvalue weighted by Crippen LogP contribution is -2.27. The molecule has 1 aliphatic heterocycles. The standard InChI is InChI=1S/C21H28N2O2/c1-14(2)9-10-23-13-15-3-7-19-16(11-15)4-5-17-12-18(21(22)24)6-8-20(17)25-19/h3,6-8,11-12,14,17,20,23H,4-5,9-10,13H2,1-2H3,(H2,22,24). The van der Waals surface area contributed by atoms with Crippen LogP contribution in [0, 0.1) is 11.8 Å². The molecule has 0 saturated carbocycles. The minimum Gasteiger partial charge on any atom is -0.485 e. The fourth-order valence-electron chi connectivity index (χ4n) is 3.41. The van der Waals surface area contributed by atoms with E-state index in [1.165, 1.54) is 17.5 Å². The number of benzene rings is 1. The smallest absolute Gasteiger partial charge is 0.248 e. The molecule has 0 bridgehead atoms. The second kappa shape index (κ2) is 7.87. The summed E-state index contributed by atoms with van der Waals surface area (Å²) in [5.41, 5.74) is 8.53. The zero-order chi connectivity index (χ0) is 17.8. The zero-order valence-corrected chi connectivity index (χ0v) is 15.1. The number of fused-ring (bicyclic) bond motifs is 2. The SMILES string of the molecule is CC(C)CCNCc1ccc2c(c1)CCC1C=C(C(N)=O)C=CC1O2. The summed E-state index contributed by atoms with van der Waals surface area (Å²) in [5.74, 6) is 1.51. The van der Waals surface area contributed by atoms with Crippen LogP contribution in [0.5, 0.6) is 5.75 Å². The van der Waals surface area contributed by atoms with E-state index in [9.17, 15) is 4.79 Å². The zero-order valence-electron chi connectivity index (χ0n) is 15.1. The number of primary amides is 1. The molecule has 0 radical (unpaired) electrons. The van der Waals surface area contributed by atoms with Crippen LogP contribution in [0.25, 0.3) is 0 Å². The second-order valence-corrected chi connectivity index (χ2v) is 7.43. The van der Waals surface area contributed by atoms with E-state index in [4.69, 9.17) is 10.5 Å². The van der Waals surface area contributed by atoms with Crippen molar-refractivity contribution in [2.45, 2.75) is 45.8 Å². The maximum atomic E-state index is 11.4. The Labute approximate surface area is 150 Å². The number of ether oxygens (including phenoxy) is 1. The lowest BCUT2D eigenvalue weighted by Gasteiger charge is -2.24. The van der Waals surface area contributed by atoms with Gasteiger partial charge in [-0.15, -0.1) is 0 Å². The number of hydrogen-bond acceptors (Lipinski definition) is 3. The minimum absolute atomic E-state index is 0.0145. The van der Waals surface area contributed by atoms with Crippen molar-refractivity contribution in [3.05, 3.63) is 53.1 Å². The van der Waals surface area contributed by atoms with Crippen LogP contribution in [0.3, 0.4) is 0 Å². The van der Waals surface area contributed by atoms with Gasteiger partial charge in [0.15, 0.2) is 0 Å². The predicted molar refractivity (Wildman–Crippen MR) is 100 cm³/mol. The third-order valence-corrected chi connectivity index (χ3v) is 4.93. The Morgan fingerprint density at radius 1 is 1.40 bits per heavy atom. The summed E-state index contributed by atoms with van der Waals surface area (Å²) in [4.78, 5) is 11.4. The second-order valence-electron chi connectivity index (χ2n) is 7.43. The van der Waals surface area contributed by atoms with E-state index in [2.05, 4.69) is 37.4 Å². The first kappa shape index (κ1) is 17.7. The van der Waals surface area contributed by atoms with Crippen molar-refractivity contribution >= 4 is 5.91 Å². The van der Waals surface area contributed by atoms with Crippen molar-refractivity contribution in [1.82, 2.24) is 5.32 Å². The van der Waals surface area contributed by atoms with Crippen LogP contribution < -0.4 is 15.8 Å². The topological polar surface area (TPSA) is 64.3 Å². The lowest BCUT2D eigenvalue weighted by molar-refractivity contribution is -0.114. The number of rotatable bonds is 6. The third kappa shape index (κ3) is 4.51. The molecule has 134 valence electrons. The molecule has 4 nitrogen and oxygen atoms in total. The highest BCUT2D eigenvalue weighted by Crippen LogP contribution is 2.33. The molecule has 2 unspecified atom stereocenters. The van der Waals surface area contributed by atoms with Gasteiger partial charge in [0.05, 0.1) is 0 Å². The highest BCUT2D eigenvalue weighted by Gasteiger charge is 2.27. The first-order valence-corrected chi connectivity index (χ1v) is 9.22. The van der Waals surface area contributed by atoms with Crippen molar-refractivity contribution in [2.75, 3.05) is 6.54 Å². The van der Waals surface area contributed by atoms with Gasteiger partial charge in [-0.3, -0.25) is 4.79 Å². The number of carbonyl (C=O) groups is 1. The summed E-state index contributed by atoms with van der Waals surface area (Å²) in [5, 5.41) is 3.51. The molecule has 3 rings (SSSR count). The number of hydrogen-bond donors (Lipinski definition) is 2. The highest BCUT2D eigenvalue weighted by atomic mass is 16.5. The third-order valence-electron chi connectivity index (χ3n) is 4.93. The molecule has 0 fully saturated rings. The molecular formula is C21H28N2O2. The molecule has 1 heterocycles. The summed E-state index contributed by atoms with van der Waals surface area (Å²) in [6.45, 7) is 6.42. The van der Waals surface area contributed by atoms with Gasteiger partial charge in [0.1, 0.15) is 11.9 Å². The molecule has 3 N–H and O–H groups in total. The van der Waals surface area contributed by atoms with Crippen LogP contribution in [-0.4, -0.2) is 18.6 Å². The summed E-state index contributed by atoms with van der Waals surface area (Å²) >= 11 is 0. The number of aryl methyl sites for hydroxylation is 1. The molecule has 1 amide bonds. The van der Waals surface area contributed by atoms with Crippen molar-refractivity contribution in [1.29, 1.82) is 0 Å². The number of nitrogens with one attached hydrogen (secondary N) is 1. The Morgan fingerprint density at radius 2 is 2.24 bits per heavy atom. The minimum atomic E-state index is -0.369. The Balaban J connectivity index is 1.66. The molecule has 2 aliphatic rings. The van der Waals surface area contributed by atoms with Crippen molar-refractivity contribution in [3.8, 4) is 5.75 Å². The molecule has 25 heavy (non-hydrogen) atoms. The number of amides is 1. The maximum Gasteiger partial charge on any atom is 0.248 e. The van der Waals surface area contributed by atoms with E-state index in [-0.39, 0.29) is 17.9 Å². The van der Waals surface area contributed by atoms with Gasteiger partial charge in [-0.25, -0.2) is 0 Å². The van der Waals surface area contributed by atoms with Gasteiger partial charge in [-0.1, -0.05) is 38.1 Å². The Kier molecular flexibility index (Phi) is 5.59. The van der Waals surface area contributed by atoms with Crippen LogP contribution >= 0.6 is 0 Å². The van der Waals surface area contributed by atoms with Crippen LogP contribution in [0.2, 0.25) is 0 Å². The van der Waals surface area contributed by atoms with Crippen molar-refractivity contribution in [3.63, 3.8) is 0 Å². The van der Waals surface area contributed by atoms with Crippen LogP contribution in [-0.2, 0) is 17.8 Å². The van der Waals surface area contributed by atoms with E-state index in [1.54, 1.807) is 6.08 Å². The fourth-order valence-corrected chi connectivity index (χ4v) is 3.41. The lowest BCUT2D eigenvalue weighted by atomic mass is 9.89. The van der Waals surface area contributed by atoms with Crippen LogP contribution in [0.1, 0.15) is 37.8 Å². The average Bonchev–Trinajstić information content (AvgIpc) is 2.76. The molecule has 1 aromatic carbocycles. The molecule has 0 saturated heterocycles. The van der Waals surface area contributed by atoms with Gasteiger partial charge in [0.25, 0.3) is 0 Å². The molecule has 1 aromatic rings. The van der Waals surface area contributed by atoms with E-state index in [1.807, 2.05) is 12.2 Å². The number of carbonyl (C=O) groups excluding carboxylic acids is 1. The Morgan fingerprint density at radius 3 is 3.00 bits per heavy atom. The van der Waals surface area contributed by atoms with E-state index in [0.717, 1.165) is 37.6 Å². The summed E-state index contributed by atoms with van der Waals surface area (Å²) in [6, 6.07) is 6.47. The van der Waals surface area contributed by atoms with Gasteiger partial charge < -0.3 is 15.8 Å². The van der Waals surface area contributed by atoms with Gasteiger partial charge >= 0.3 is 0 Å². The van der Waals surface area contributed by atoms with Gasteiger partial charge in [-0.05, 0) is 55.0 Å². The monoisotopic (exact) mass is 340 g/mol. The highest BCUT2D eigenvalue weighted by molar-refractivity contribution is 5.95. The molecule has 2 atom stereocenters. The van der Waals surface area contributed by atoms with Crippen LogP contribution in [0.15, 0.2) is 42.0 Å². The first-order chi connectivity index (χ1) is 12.0. The molecule has 0 aromatic heterocycles. The van der Waals surface area contributed by atoms with Crippen molar-refractivity contribution in [2.24, 2.45) is 17.6 Å². The maximum absolute atomic E-state index is 11.4. The van der Waals surface area contributed by atoms with Crippen LogP contribution in [0.4, 0.5) is 0 Å². The van der Waals surface area contributed by atoms with Gasteiger partial charge in [0, 0.05) is 18.0 Å². The Bertz CT molecular complexity index is 691. The number of nitrogens with two attached hydrogens (primary N) is 1. The molecular weight excluding hydrogens is 312 g/mol. The quantitative estimate of drug-likeness (QED) is 0.782. The predicted octanol–water partition coefficient (Wildman–Crippen LogP) is 3.11. The van der Waals surface area contributed by atoms with E-state index < -0.39 is 0 Å². The summed E-state index contributed by atoms with van der Waals surface area (Å²) in [6.07, 6.45) is 8.80. The first-order valence-electron chi connectivity index (χ1n) is 9.22. The van der Waals surface area contributed by atoms with Gasteiger partial charge in [0.2, 0.25) is 5.91 Å². The normalized spacial score (nSPS) is 21.8. The Hall–Kier alpha value is -2.07. The fraction of sp³-hybridized carbons (Fsp3) is 0.476. The molecule has 0 spiro atoms. The largest absolute Gasteiger partial charge is 0.485 e. The molecule has 1 aliphatic carbocycles. The molecule has 4 heteroatoms. The van der Waals surface area contributed by atoms with E-state index >= 15 is 0 Å². The summed E-state index contributed by atoms with van der Waals surface area (Å²) < 4.78 is 6.20. The van der Waals surface area contributed by atoms with E-state index in [0.29, 0.717) is 5.57 Å². The summed E-state index contributed by atoms with van der Waals surface area (Å²) in [7, 11) is 0.